The number of methoxy groups -OCH3 is 1. The number of rotatable bonds is 5. The van der Waals surface area contributed by atoms with E-state index in [0.29, 0.717) is 11.8 Å². The van der Waals surface area contributed by atoms with Gasteiger partial charge in [-0.3, -0.25) is 0 Å². The Bertz CT molecular complexity index is 741. The van der Waals surface area contributed by atoms with Crippen molar-refractivity contribution in [3.05, 3.63) is 66.4 Å². The normalized spacial score (nSPS) is 11.9. The maximum Gasteiger partial charge on any atom is 0.226 e. The van der Waals surface area contributed by atoms with Crippen molar-refractivity contribution in [3.63, 3.8) is 0 Å². The van der Waals surface area contributed by atoms with Crippen molar-refractivity contribution in [2.75, 3.05) is 12.4 Å². The zero-order valence-electron chi connectivity index (χ0n) is 12.5. The van der Waals surface area contributed by atoms with E-state index in [4.69, 9.17) is 4.74 Å². The van der Waals surface area contributed by atoms with Crippen molar-refractivity contribution in [2.24, 2.45) is 7.05 Å². The number of benzene rings is 1. The Morgan fingerprint density at radius 1 is 1.09 bits per heavy atom. The third-order valence-electron chi connectivity index (χ3n) is 3.36. The van der Waals surface area contributed by atoms with Crippen LogP contribution in [0.3, 0.4) is 0 Å². The van der Waals surface area contributed by atoms with Crippen molar-refractivity contribution in [1.29, 1.82) is 0 Å². The van der Waals surface area contributed by atoms with E-state index in [1.807, 2.05) is 48.1 Å². The molecule has 6 nitrogen and oxygen atoms in total. The van der Waals surface area contributed by atoms with Gasteiger partial charge >= 0.3 is 0 Å². The molecule has 1 atom stereocenters. The quantitative estimate of drug-likeness (QED) is 0.783. The summed E-state index contributed by atoms with van der Waals surface area (Å²) < 4.78 is 7.12. The van der Waals surface area contributed by atoms with Crippen molar-refractivity contribution in [1.82, 2.24) is 19.5 Å². The van der Waals surface area contributed by atoms with Gasteiger partial charge < -0.3 is 14.6 Å². The van der Waals surface area contributed by atoms with Crippen molar-refractivity contribution < 1.29 is 4.74 Å². The third-order valence-corrected chi connectivity index (χ3v) is 3.36. The second kappa shape index (κ2) is 6.26. The molecule has 0 spiro atoms. The zero-order valence-corrected chi connectivity index (χ0v) is 12.5. The minimum atomic E-state index is -0.145. The molecule has 0 aliphatic heterocycles. The molecule has 0 amide bonds. The third kappa shape index (κ3) is 2.90. The summed E-state index contributed by atoms with van der Waals surface area (Å²) in [5.74, 6) is 1.90. The summed E-state index contributed by atoms with van der Waals surface area (Å²) in [5.41, 5.74) is 1.09. The highest BCUT2D eigenvalue weighted by molar-refractivity contribution is 5.37. The standard InChI is InChI=1S/C16H17N5O/c1-21-11-10-17-15(21)14(12-6-4-3-5-7-12)20-16-18-9-8-13(19-16)22-2/h3-11,14H,1-2H3,(H,18,19,20). The molecule has 0 saturated heterocycles. The van der Waals surface area contributed by atoms with Gasteiger partial charge in [-0.2, -0.15) is 4.98 Å². The first-order chi connectivity index (χ1) is 10.8. The van der Waals surface area contributed by atoms with Gasteiger partial charge in [-0.15, -0.1) is 0 Å². The van der Waals surface area contributed by atoms with Crippen LogP contribution in [0.4, 0.5) is 5.95 Å². The molecule has 0 saturated carbocycles. The highest BCUT2D eigenvalue weighted by Crippen LogP contribution is 2.24. The van der Waals surface area contributed by atoms with Crippen LogP contribution in [0.2, 0.25) is 0 Å². The number of hydrogen-bond acceptors (Lipinski definition) is 5. The van der Waals surface area contributed by atoms with Gasteiger partial charge in [0.25, 0.3) is 0 Å². The van der Waals surface area contributed by atoms with Gasteiger partial charge in [0.2, 0.25) is 11.8 Å². The average Bonchev–Trinajstić information content (AvgIpc) is 2.99. The van der Waals surface area contributed by atoms with Crippen LogP contribution in [0, 0.1) is 0 Å². The second-order valence-electron chi connectivity index (χ2n) is 4.81. The fourth-order valence-corrected chi connectivity index (χ4v) is 2.25. The molecule has 0 aliphatic carbocycles. The Hall–Kier alpha value is -2.89. The van der Waals surface area contributed by atoms with Crippen LogP contribution in [0.25, 0.3) is 0 Å². The van der Waals surface area contributed by atoms with Crippen LogP contribution in [-0.4, -0.2) is 26.6 Å². The number of nitrogens with one attached hydrogen (secondary N) is 1. The van der Waals surface area contributed by atoms with E-state index in [9.17, 15) is 0 Å². The Balaban J connectivity index is 1.97. The fraction of sp³-hybridized carbons (Fsp3) is 0.188. The van der Waals surface area contributed by atoms with Crippen molar-refractivity contribution in [3.8, 4) is 5.88 Å². The Morgan fingerprint density at radius 3 is 2.59 bits per heavy atom. The van der Waals surface area contributed by atoms with Gasteiger partial charge in [0.15, 0.2) is 0 Å². The summed E-state index contributed by atoms with van der Waals surface area (Å²) >= 11 is 0. The molecule has 1 unspecified atom stereocenters. The van der Waals surface area contributed by atoms with E-state index in [2.05, 4.69) is 20.3 Å². The molecule has 0 radical (unpaired) electrons. The van der Waals surface area contributed by atoms with E-state index in [1.54, 1.807) is 25.6 Å². The molecule has 3 aromatic rings. The van der Waals surface area contributed by atoms with E-state index in [0.717, 1.165) is 11.4 Å². The van der Waals surface area contributed by atoms with Gasteiger partial charge in [0.05, 0.1) is 7.11 Å². The molecule has 22 heavy (non-hydrogen) atoms. The lowest BCUT2D eigenvalue weighted by Crippen LogP contribution is -2.18. The van der Waals surface area contributed by atoms with E-state index >= 15 is 0 Å². The summed E-state index contributed by atoms with van der Waals surface area (Å²) in [5, 5.41) is 3.33. The van der Waals surface area contributed by atoms with Crippen LogP contribution in [-0.2, 0) is 7.05 Å². The molecular formula is C16H17N5O. The lowest BCUT2D eigenvalue weighted by molar-refractivity contribution is 0.397. The monoisotopic (exact) mass is 295 g/mol. The maximum atomic E-state index is 5.14. The van der Waals surface area contributed by atoms with Crippen LogP contribution in [0.1, 0.15) is 17.4 Å². The number of nitrogens with zero attached hydrogens (tertiary/aromatic N) is 4. The lowest BCUT2D eigenvalue weighted by atomic mass is 10.1. The number of ether oxygens (including phenoxy) is 1. The predicted molar refractivity (Wildman–Crippen MR) is 83.7 cm³/mol. The minimum absolute atomic E-state index is 0.145. The minimum Gasteiger partial charge on any atom is -0.481 e. The topological polar surface area (TPSA) is 64.9 Å². The van der Waals surface area contributed by atoms with E-state index < -0.39 is 0 Å². The predicted octanol–water partition coefficient (Wildman–Crippen LogP) is 2.42. The maximum absolute atomic E-state index is 5.14. The molecule has 6 heteroatoms. The Labute approximate surface area is 128 Å². The molecule has 2 aromatic heterocycles. The highest BCUT2D eigenvalue weighted by atomic mass is 16.5. The molecule has 112 valence electrons. The number of imidazole rings is 1. The zero-order chi connectivity index (χ0) is 15.4. The summed E-state index contributed by atoms with van der Waals surface area (Å²) in [6.07, 6.45) is 5.35. The summed E-state index contributed by atoms with van der Waals surface area (Å²) in [7, 11) is 3.55. The SMILES string of the molecule is COc1ccnc(NC(c2ccccc2)c2nccn2C)n1. The molecule has 0 fully saturated rings. The summed E-state index contributed by atoms with van der Waals surface area (Å²) in [6, 6.07) is 11.6. The molecule has 0 bridgehead atoms. The van der Waals surface area contributed by atoms with Gasteiger partial charge in [-0.1, -0.05) is 30.3 Å². The molecule has 1 N–H and O–H groups in total. The first kappa shape index (κ1) is 14.1. The van der Waals surface area contributed by atoms with Crippen LogP contribution >= 0.6 is 0 Å². The number of aromatic nitrogens is 4. The van der Waals surface area contributed by atoms with Crippen molar-refractivity contribution >= 4 is 5.95 Å². The number of aryl methyl sites for hydroxylation is 1. The summed E-state index contributed by atoms with van der Waals surface area (Å²) in [4.78, 5) is 13.0. The molecule has 2 heterocycles. The first-order valence-electron chi connectivity index (χ1n) is 6.93. The number of hydrogen-bond donors (Lipinski definition) is 1. The summed E-state index contributed by atoms with van der Waals surface area (Å²) in [6.45, 7) is 0. The lowest BCUT2D eigenvalue weighted by Gasteiger charge is -2.19. The fourth-order valence-electron chi connectivity index (χ4n) is 2.25. The smallest absolute Gasteiger partial charge is 0.226 e. The first-order valence-corrected chi connectivity index (χ1v) is 6.93. The largest absolute Gasteiger partial charge is 0.481 e. The second-order valence-corrected chi connectivity index (χ2v) is 4.81. The van der Waals surface area contributed by atoms with E-state index in [-0.39, 0.29) is 6.04 Å². The van der Waals surface area contributed by atoms with Crippen LogP contribution < -0.4 is 10.1 Å². The van der Waals surface area contributed by atoms with Crippen molar-refractivity contribution in [2.45, 2.75) is 6.04 Å². The highest BCUT2D eigenvalue weighted by Gasteiger charge is 2.19. The van der Waals surface area contributed by atoms with Gasteiger partial charge in [0, 0.05) is 31.7 Å². The molecule has 3 rings (SSSR count). The van der Waals surface area contributed by atoms with Gasteiger partial charge in [0.1, 0.15) is 11.9 Å². The Morgan fingerprint density at radius 2 is 1.91 bits per heavy atom. The number of anilines is 1. The van der Waals surface area contributed by atoms with Crippen LogP contribution in [0.5, 0.6) is 5.88 Å². The molecule has 0 aliphatic rings. The van der Waals surface area contributed by atoms with Crippen LogP contribution in [0.15, 0.2) is 55.0 Å². The van der Waals surface area contributed by atoms with Gasteiger partial charge in [-0.05, 0) is 5.56 Å². The molecule has 1 aromatic carbocycles. The average molecular weight is 295 g/mol. The van der Waals surface area contributed by atoms with E-state index in [1.165, 1.54) is 0 Å². The van der Waals surface area contributed by atoms with Gasteiger partial charge in [-0.25, -0.2) is 9.97 Å². The Kier molecular flexibility index (Phi) is 4.00. The molecular weight excluding hydrogens is 278 g/mol.